The van der Waals surface area contributed by atoms with Crippen molar-refractivity contribution in [2.45, 2.75) is 0 Å². The number of phenols is 4. The maximum Gasteiger partial charge on any atom is 0.348 e. The maximum atomic E-state index is 13.1. The number of carbonyl (C=O) groups excluding carboxylic acids is 2. The summed E-state index contributed by atoms with van der Waals surface area (Å²) in [4.78, 5) is 38.8. The lowest BCUT2D eigenvalue weighted by molar-refractivity contribution is -0.130. The Balaban J connectivity index is 1.80. The number of ether oxygens (including phenoxy) is 2. The van der Waals surface area contributed by atoms with Gasteiger partial charge in [-0.2, -0.15) is 0 Å². The van der Waals surface area contributed by atoms with Gasteiger partial charge < -0.3 is 34.3 Å². The fourth-order valence-corrected chi connectivity index (χ4v) is 3.40. The summed E-state index contributed by atoms with van der Waals surface area (Å²) in [6.45, 7) is 0. The van der Waals surface area contributed by atoms with E-state index in [1.54, 1.807) is 0 Å². The molecule has 10 nitrogen and oxygen atoms in total. The Kier molecular flexibility index (Phi) is 3.62. The number of aromatic hydroxyl groups is 4. The summed E-state index contributed by atoms with van der Waals surface area (Å²) in [5.41, 5.74) is -1.98. The number of benzene rings is 2. The summed E-state index contributed by atoms with van der Waals surface area (Å²) in [7, 11) is 0. The molecule has 3 aromatic rings. The fraction of sp³-hybridized carbons (Fsp3) is 0. The minimum atomic E-state index is -1.09. The van der Waals surface area contributed by atoms with E-state index in [1.165, 1.54) is 6.08 Å². The smallest absolute Gasteiger partial charge is 0.348 e. The van der Waals surface area contributed by atoms with E-state index in [0.29, 0.717) is 0 Å². The van der Waals surface area contributed by atoms with Crippen molar-refractivity contribution in [3.8, 4) is 34.7 Å². The Morgan fingerprint density at radius 1 is 0.806 bits per heavy atom. The molecule has 0 bridgehead atoms. The molecule has 31 heavy (non-hydrogen) atoms. The van der Waals surface area contributed by atoms with Crippen molar-refractivity contribution in [3.05, 3.63) is 63.5 Å². The van der Waals surface area contributed by atoms with Gasteiger partial charge in [-0.3, -0.25) is 9.59 Å². The Hall–Kier alpha value is -4.73. The highest BCUT2D eigenvalue weighted by Gasteiger charge is 2.37. The van der Waals surface area contributed by atoms with Crippen molar-refractivity contribution < 1.29 is 43.9 Å². The maximum absolute atomic E-state index is 13.1. The van der Waals surface area contributed by atoms with E-state index in [1.807, 2.05) is 0 Å². The van der Waals surface area contributed by atoms with Crippen LogP contribution in [0.1, 0.15) is 15.9 Å². The summed E-state index contributed by atoms with van der Waals surface area (Å²) in [6.07, 6.45) is 2.29. The molecule has 0 saturated heterocycles. The summed E-state index contributed by atoms with van der Waals surface area (Å²) in [6, 6.07) is 3.86. The van der Waals surface area contributed by atoms with Crippen LogP contribution in [-0.4, -0.2) is 32.2 Å². The van der Waals surface area contributed by atoms with Gasteiger partial charge in [0, 0.05) is 17.7 Å². The van der Waals surface area contributed by atoms with Gasteiger partial charge in [-0.15, -0.1) is 0 Å². The first-order chi connectivity index (χ1) is 14.8. The SMILES string of the molecule is O=C1Oc2cc(O)c(O)cc2C(=O)/C1=C1/C=COc2oc3cc(O)c(O)cc3c(=O)c21. The van der Waals surface area contributed by atoms with Crippen LogP contribution in [0, 0.1) is 0 Å². The molecule has 0 spiro atoms. The molecular formula is C21H10O10. The van der Waals surface area contributed by atoms with Crippen LogP contribution in [0.3, 0.4) is 0 Å². The molecule has 0 amide bonds. The average molecular weight is 422 g/mol. The highest BCUT2D eigenvalue weighted by Crippen LogP contribution is 2.41. The van der Waals surface area contributed by atoms with Crippen LogP contribution in [-0.2, 0) is 4.79 Å². The summed E-state index contributed by atoms with van der Waals surface area (Å²) < 4.78 is 15.8. The van der Waals surface area contributed by atoms with Crippen LogP contribution in [0.2, 0.25) is 0 Å². The van der Waals surface area contributed by atoms with E-state index in [4.69, 9.17) is 13.9 Å². The summed E-state index contributed by atoms with van der Waals surface area (Å²) >= 11 is 0. The van der Waals surface area contributed by atoms with Gasteiger partial charge in [0.05, 0.1) is 17.2 Å². The predicted molar refractivity (Wildman–Crippen MR) is 102 cm³/mol. The lowest BCUT2D eigenvalue weighted by atomic mass is 9.91. The van der Waals surface area contributed by atoms with E-state index < -0.39 is 45.8 Å². The molecule has 3 heterocycles. The standard InChI is InChI=1S/C21H10O10/c22-10-3-8-14(5-12(10)24)30-20(28)16(18(8)26)7-1-2-29-21-17(7)19(27)9-4-11(23)13(25)6-15(9)31-21/h1-6,22-25H/b16-7+. The molecule has 2 aliphatic heterocycles. The van der Waals surface area contributed by atoms with E-state index in [9.17, 15) is 34.8 Å². The monoisotopic (exact) mass is 422 g/mol. The Morgan fingerprint density at radius 2 is 1.48 bits per heavy atom. The zero-order valence-corrected chi connectivity index (χ0v) is 15.2. The van der Waals surface area contributed by atoms with Crippen LogP contribution in [0.15, 0.2) is 51.4 Å². The minimum Gasteiger partial charge on any atom is -0.504 e. The van der Waals surface area contributed by atoms with Gasteiger partial charge in [0.2, 0.25) is 11.2 Å². The molecule has 10 heteroatoms. The van der Waals surface area contributed by atoms with Crippen LogP contribution < -0.4 is 14.9 Å². The van der Waals surface area contributed by atoms with Crippen molar-refractivity contribution in [1.82, 2.24) is 0 Å². The number of hydrogen-bond donors (Lipinski definition) is 4. The van der Waals surface area contributed by atoms with Crippen molar-refractivity contribution >= 4 is 28.3 Å². The van der Waals surface area contributed by atoms with Crippen molar-refractivity contribution in [3.63, 3.8) is 0 Å². The van der Waals surface area contributed by atoms with Gasteiger partial charge in [-0.1, -0.05) is 0 Å². The Morgan fingerprint density at radius 3 is 2.26 bits per heavy atom. The second-order valence-electron chi connectivity index (χ2n) is 6.70. The third kappa shape index (κ3) is 2.55. The molecule has 0 fully saturated rings. The highest BCUT2D eigenvalue weighted by atomic mass is 16.6. The number of rotatable bonds is 0. The number of phenolic OH excluding ortho intramolecular Hbond substituents is 4. The summed E-state index contributed by atoms with van der Waals surface area (Å²) in [5.74, 6) is -4.82. The van der Waals surface area contributed by atoms with E-state index in [-0.39, 0.29) is 39.4 Å². The first-order valence-electron chi connectivity index (χ1n) is 8.69. The number of allylic oxidation sites excluding steroid dienone is 2. The molecule has 2 aromatic carbocycles. The van der Waals surface area contributed by atoms with Gasteiger partial charge in [-0.25, -0.2) is 4.79 Å². The largest absolute Gasteiger partial charge is 0.504 e. The number of esters is 1. The molecule has 5 rings (SSSR count). The summed E-state index contributed by atoms with van der Waals surface area (Å²) in [5, 5.41) is 38.6. The molecule has 0 radical (unpaired) electrons. The number of Topliss-reactive ketones (excluding diaryl/α,β-unsaturated/α-hetero) is 1. The van der Waals surface area contributed by atoms with Gasteiger partial charge in [0.1, 0.15) is 22.5 Å². The molecule has 0 unspecified atom stereocenters. The van der Waals surface area contributed by atoms with E-state index in [0.717, 1.165) is 30.5 Å². The van der Waals surface area contributed by atoms with Crippen LogP contribution in [0.4, 0.5) is 0 Å². The third-order valence-electron chi connectivity index (χ3n) is 4.86. The van der Waals surface area contributed by atoms with Gasteiger partial charge in [-0.05, 0) is 18.2 Å². The molecule has 0 saturated carbocycles. The minimum absolute atomic E-state index is 0.0954. The second kappa shape index (κ2) is 6.13. The van der Waals surface area contributed by atoms with Gasteiger partial charge >= 0.3 is 11.9 Å². The van der Waals surface area contributed by atoms with E-state index >= 15 is 0 Å². The number of ketones is 1. The normalized spacial score (nSPS) is 17.2. The zero-order chi connectivity index (χ0) is 22.0. The molecular weight excluding hydrogens is 412 g/mol. The van der Waals surface area contributed by atoms with Gasteiger partial charge in [0.25, 0.3) is 0 Å². The highest BCUT2D eigenvalue weighted by molar-refractivity contribution is 6.32. The molecule has 0 aliphatic carbocycles. The van der Waals surface area contributed by atoms with E-state index in [2.05, 4.69) is 0 Å². The molecule has 154 valence electrons. The van der Waals surface area contributed by atoms with Crippen molar-refractivity contribution in [2.75, 3.05) is 0 Å². The van der Waals surface area contributed by atoms with Crippen LogP contribution in [0.5, 0.6) is 34.7 Å². The average Bonchev–Trinajstić information content (AvgIpc) is 2.71. The number of hydrogen-bond acceptors (Lipinski definition) is 10. The quantitative estimate of drug-likeness (QED) is 0.139. The molecule has 4 N–H and O–H groups in total. The number of fused-ring (bicyclic) bond motifs is 3. The lowest BCUT2D eigenvalue weighted by Crippen LogP contribution is -2.27. The molecule has 1 aromatic heterocycles. The van der Waals surface area contributed by atoms with Crippen LogP contribution >= 0.6 is 0 Å². The lowest BCUT2D eigenvalue weighted by Gasteiger charge is -2.21. The first-order valence-corrected chi connectivity index (χ1v) is 8.69. The molecule has 0 atom stereocenters. The zero-order valence-electron chi connectivity index (χ0n) is 15.2. The van der Waals surface area contributed by atoms with Crippen molar-refractivity contribution in [1.29, 1.82) is 0 Å². The van der Waals surface area contributed by atoms with Crippen LogP contribution in [0.25, 0.3) is 16.5 Å². The Bertz CT molecular complexity index is 1470. The number of carbonyl (C=O) groups is 2. The molecule has 2 aliphatic rings. The Labute approximate surface area is 171 Å². The first kappa shape index (κ1) is 18.3. The fourth-order valence-electron chi connectivity index (χ4n) is 3.40. The third-order valence-corrected chi connectivity index (χ3v) is 4.86. The van der Waals surface area contributed by atoms with Crippen molar-refractivity contribution in [2.24, 2.45) is 0 Å². The predicted octanol–water partition coefficient (Wildman–Crippen LogP) is 2.08. The topological polar surface area (TPSA) is 164 Å². The second-order valence-corrected chi connectivity index (χ2v) is 6.70. The van der Waals surface area contributed by atoms with Gasteiger partial charge in [0.15, 0.2) is 23.0 Å².